The molecule has 1 saturated heterocycles. The lowest BCUT2D eigenvalue weighted by Gasteiger charge is -2.38. The molecule has 0 radical (unpaired) electrons. The summed E-state index contributed by atoms with van der Waals surface area (Å²) in [5.74, 6) is 0.980. The van der Waals surface area contributed by atoms with Crippen molar-refractivity contribution in [1.82, 2.24) is 24.8 Å². The fourth-order valence-corrected chi connectivity index (χ4v) is 2.10. The van der Waals surface area contributed by atoms with Crippen LogP contribution in [0.3, 0.4) is 0 Å². The molecule has 3 rings (SSSR count). The minimum Gasteiger partial charge on any atom is -0.336 e. The van der Waals surface area contributed by atoms with Gasteiger partial charge in [0, 0.05) is 37.6 Å². The van der Waals surface area contributed by atoms with Crippen LogP contribution in [0.2, 0.25) is 0 Å². The second-order valence-corrected chi connectivity index (χ2v) is 4.53. The Morgan fingerprint density at radius 1 is 1.26 bits per heavy atom. The van der Waals surface area contributed by atoms with Gasteiger partial charge in [-0.15, -0.1) is 0 Å². The Bertz CT molecular complexity index is 595. The quantitative estimate of drug-likeness (QED) is 0.794. The maximum Gasteiger partial charge on any atom is 0.274 e. The molecule has 0 N–H and O–H groups in total. The first kappa shape index (κ1) is 11.7. The molecular weight excluding hydrogens is 242 g/mol. The van der Waals surface area contributed by atoms with Gasteiger partial charge in [0.05, 0.1) is 11.9 Å². The van der Waals surface area contributed by atoms with E-state index in [-0.39, 0.29) is 5.91 Å². The summed E-state index contributed by atoms with van der Waals surface area (Å²) in [7, 11) is 0. The Balaban J connectivity index is 1.66. The van der Waals surface area contributed by atoms with Crippen LogP contribution < -0.4 is 0 Å². The number of rotatable bonds is 2. The van der Waals surface area contributed by atoms with Crippen LogP contribution in [-0.2, 0) is 0 Å². The van der Waals surface area contributed by atoms with Gasteiger partial charge < -0.3 is 4.90 Å². The second kappa shape index (κ2) is 4.72. The van der Waals surface area contributed by atoms with Gasteiger partial charge in [0.25, 0.3) is 5.91 Å². The van der Waals surface area contributed by atoms with Crippen LogP contribution in [0.25, 0.3) is 0 Å². The second-order valence-electron chi connectivity index (χ2n) is 4.53. The van der Waals surface area contributed by atoms with Gasteiger partial charge in [-0.2, -0.15) is 0 Å². The van der Waals surface area contributed by atoms with E-state index in [2.05, 4.69) is 19.9 Å². The van der Waals surface area contributed by atoms with Gasteiger partial charge in [-0.25, -0.2) is 15.0 Å². The average molecular weight is 255 g/mol. The van der Waals surface area contributed by atoms with Gasteiger partial charge in [0.1, 0.15) is 11.5 Å². The molecule has 1 aliphatic rings. The Hall–Kier alpha value is -2.37. The smallest absolute Gasteiger partial charge is 0.274 e. The number of carbonyl (C=O) groups excluding carboxylic acids is 1. The van der Waals surface area contributed by atoms with Gasteiger partial charge in [0.15, 0.2) is 0 Å². The summed E-state index contributed by atoms with van der Waals surface area (Å²) in [6.45, 7) is 3.21. The number of amides is 1. The summed E-state index contributed by atoms with van der Waals surface area (Å²) in [6.07, 6.45) is 6.33. The highest BCUT2D eigenvalue weighted by atomic mass is 16.2. The fraction of sp³-hybridized carbons (Fsp3) is 0.308. The van der Waals surface area contributed by atoms with Gasteiger partial charge in [-0.05, 0) is 13.0 Å². The molecule has 3 heterocycles. The Morgan fingerprint density at radius 2 is 2.11 bits per heavy atom. The highest BCUT2D eigenvalue weighted by Gasteiger charge is 2.33. The molecule has 2 aromatic rings. The van der Waals surface area contributed by atoms with Crippen molar-refractivity contribution in [2.24, 2.45) is 0 Å². The van der Waals surface area contributed by atoms with Gasteiger partial charge in [0.2, 0.25) is 0 Å². The lowest BCUT2D eigenvalue weighted by molar-refractivity contribution is 0.0592. The molecule has 2 aromatic heterocycles. The van der Waals surface area contributed by atoms with E-state index < -0.39 is 0 Å². The minimum atomic E-state index is -0.0740. The molecule has 1 fully saturated rings. The molecule has 0 unspecified atom stereocenters. The van der Waals surface area contributed by atoms with E-state index in [0.29, 0.717) is 24.7 Å². The molecule has 19 heavy (non-hydrogen) atoms. The lowest BCUT2D eigenvalue weighted by Crippen LogP contribution is -2.49. The number of aryl methyl sites for hydroxylation is 1. The molecular formula is C13H13N5O. The molecule has 1 aliphatic heterocycles. The third-order valence-corrected chi connectivity index (χ3v) is 3.17. The Morgan fingerprint density at radius 3 is 2.79 bits per heavy atom. The summed E-state index contributed by atoms with van der Waals surface area (Å²) in [5, 5.41) is 0. The summed E-state index contributed by atoms with van der Waals surface area (Å²) >= 11 is 0. The predicted molar refractivity (Wildman–Crippen MR) is 67.4 cm³/mol. The topological polar surface area (TPSA) is 71.9 Å². The first-order chi connectivity index (χ1) is 9.24. The first-order valence-electron chi connectivity index (χ1n) is 6.09. The van der Waals surface area contributed by atoms with E-state index in [1.54, 1.807) is 17.3 Å². The standard InChI is InChI=1S/C13H13N5O/c1-9-15-3-2-11(17-9)10-7-18(8-10)13(19)12-6-14-4-5-16-12/h2-6,10H,7-8H2,1H3. The van der Waals surface area contributed by atoms with Gasteiger partial charge >= 0.3 is 0 Å². The number of carbonyl (C=O) groups is 1. The zero-order valence-electron chi connectivity index (χ0n) is 10.5. The first-order valence-corrected chi connectivity index (χ1v) is 6.09. The van der Waals surface area contributed by atoms with Crippen molar-refractivity contribution in [1.29, 1.82) is 0 Å². The van der Waals surface area contributed by atoms with Crippen LogP contribution >= 0.6 is 0 Å². The third kappa shape index (κ3) is 2.29. The molecule has 96 valence electrons. The highest BCUT2D eigenvalue weighted by molar-refractivity contribution is 5.92. The Labute approximate surface area is 110 Å². The zero-order chi connectivity index (χ0) is 13.2. The molecule has 0 atom stereocenters. The van der Waals surface area contributed by atoms with Crippen molar-refractivity contribution in [2.75, 3.05) is 13.1 Å². The molecule has 0 bridgehead atoms. The van der Waals surface area contributed by atoms with E-state index >= 15 is 0 Å². The number of hydrogen-bond donors (Lipinski definition) is 0. The van der Waals surface area contributed by atoms with E-state index in [9.17, 15) is 4.79 Å². The van der Waals surface area contributed by atoms with Crippen molar-refractivity contribution >= 4 is 5.91 Å². The fourth-order valence-electron chi connectivity index (χ4n) is 2.10. The van der Waals surface area contributed by atoms with Crippen LogP contribution in [0, 0.1) is 6.92 Å². The molecule has 0 spiro atoms. The predicted octanol–water partition coefficient (Wildman–Crippen LogP) is 0.815. The number of hydrogen-bond acceptors (Lipinski definition) is 5. The minimum absolute atomic E-state index is 0.0740. The SMILES string of the molecule is Cc1nccc(C2CN(C(=O)c3cnccn3)C2)n1. The van der Waals surface area contributed by atoms with Crippen LogP contribution in [0.1, 0.15) is 27.9 Å². The van der Waals surface area contributed by atoms with Gasteiger partial charge in [-0.3, -0.25) is 9.78 Å². The number of aromatic nitrogens is 4. The van der Waals surface area contributed by atoms with Crippen molar-refractivity contribution in [3.05, 3.63) is 48.1 Å². The van der Waals surface area contributed by atoms with Crippen LogP contribution in [-0.4, -0.2) is 43.8 Å². The normalized spacial score (nSPS) is 15.1. The van der Waals surface area contributed by atoms with E-state index in [1.165, 1.54) is 12.4 Å². The number of nitrogens with zero attached hydrogens (tertiary/aromatic N) is 5. The van der Waals surface area contributed by atoms with Crippen LogP contribution in [0.5, 0.6) is 0 Å². The van der Waals surface area contributed by atoms with Crippen molar-refractivity contribution in [3.63, 3.8) is 0 Å². The lowest BCUT2D eigenvalue weighted by atomic mass is 9.95. The maximum atomic E-state index is 12.1. The number of likely N-dealkylation sites (tertiary alicyclic amines) is 1. The molecule has 0 aromatic carbocycles. The molecule has 1 amide bonds. The summed E-state index contributed by atoms with van der Waals surface area (Å²) in [6, 6.07) is 1.90. The average Bonchev–Trinajstić information content (AvgIpc) is 2.38. The molecule has 0 saturated carbocycles. The summed E-state index contributed by atoms with van der Waals surface area (Å²) in [5.41, 5.74) is 1.38. The van der Waals surface area contributed by atoms with Crippen molar-refractivity contribution in [2.45, 2.75) is 12.8 Å². The van der Waals surface area contributed by atoms with Crippen LogP contribution in [0.15, 0.2) is 30.9 Å². The molecule has 6 nitrogen and oxygen atoms in total. The van der Waals surface area contributed by atoms with Crippen LogP contribution in [0.4, 0.5) is 0 Å². The van der Waals surface area contributed by atoms with Crippen molar-refractivity contribution in [3.8, 4) is 0 Å². The molecule has 0 aliphatic carbocycles. The zero-order valence-corrected chi connectivity index (χ0v) is 10.5. The maximum absolute atomic E-state index is 12.1. The summed E-state index contributed by atoms with van der Waals surface area (Å²) < 4.78 is 0. The van der Waals surface area contributed by atoms with E-state index in [1.807, 2.05) is 13.0 Å². The van der Waals surface area contributed by atoms with E-state index in [4.69, 9.17) is 0 Å². The summed E-state index contributed by atoms with van der Waals surface area (Å²) in [4.78, 5) is 30.2. The monoisotopic (exact) mass is 255 g/mol. The highest BCUT2D eigenvalue weighted by Crippen LogP contribution is 2.26. The van der Waals surface area contributed by atoms with Gasteiger partial charge in [-0.1, -0.05) is 0 Å². The molecule has 6 heteroatoms. The third-order valence-electron chi connectivity index (χ3n) is 3.17. The van der Waals surface area contributed by atoms with E-state index in [0.717, 1.165) is 11.5 Å². The van der Waals surface area contributed by atoms with Crippen molar-refractivity contribution < 1.29 is 4.79 Å². The Kier molecular flexibility index (Phi) is 2.91. The largest absolute Gasteiger partial charge is 0.336 e.